The molecule has 3 aliphatic heterocycles. The molecule has 3 aliphatic rings. The molecule has 0 saturated carbocycles. The molecule has 0 aromatic carbocycles. The number of hydrogen-bond donors (Lipinski definition) is 1. The maximum absolute atomic E-state index is 12.2. The number of morpholine rings is 1. The summed E-state index contributed by atoms with van der Waals surface area (Å²) in [6.45, 7) is 7.88. The van der Waals surface area contributed by atoms with Gasteiger partial charge in [0, 0.05) is 52.4 Å². The van der Waals surface area contributed by atoms with Gasteiger partial charge in [0.1, 0.15) is 0 Å². The molecular weight excluding hydrogens is 294 g/mol. The van der Waals surface area contributed by atoms with Crippen molar-refractivity contribution in [1.29, 1.82) is 0 Å². The van der Waals surface area contributed by atoms with Gasteiger partial charge < -0.3 is 19.9 Å². The summed E-state index contributed by atoms with van der Waals surface area (Å²) in [5, 5.41) is 3.25. The average Bonchev–Trinajstić information content (AvgIpc) is 3.28. The van der Waals surface area contributed by atoms with E-state index in [1.165, 1.54) is 0 Å². The molecule has 23 heavy (non-hydrogen) atoms. The first-order valence-electron chi connectivity index (χ1n) is 8.83. The van der Waals surface area contributed by atoms with Crippen LogP contribution < -0.4 is 5.32 Å². The first-order valence-corrected chi connectivity index (χ1v) is 8.83. The second kappa shape index (κ2) is 7.97. The van der Waals surface area contributed by atoms with Gasteiger partial charge in [0.15, 0.2) is 5.96 Å². The van der Waals surface area contributed by atoms with Gasteiger partial charge >= 0.3 is 0 Å². The van der Waals surface area contributed by atoms with Gasteiger partial charge in [0.25, 0.3) is 0 Å². The Labute approximate surface area is 138 Å². The molecule has 3 fully saturated rings. The SMILES string of the molecule is CN=C(NCC(=O)N1CCCC1)N1CCC(N2CCOCC2)C1. The van der Waals surface area contributed by atoms with E-state index in [0.717, 1.165) is 77.7 Å². The fourth-order valence-corrected chi connectivity index (χ4v) is 3.74. The third-order valence-electron chi connectivity index (χ3n) is 5.09. The molecule has 3 rings (SSSR count). The second-order valence-corrected chi connectivity index (χ2v) is 6.53. The molecule has 3 saturated heterocycles. The zero-order valence-electron chi connectivity index (χ0n) is 14.2. The topological polar surface area (TPSA) is 60.4 Å². The summed E-state index contributed by atoms with van der Waals surface area (Å²) in [6, 6.07) is 0.576. The largest absolute Gasteiger partial charge is 0.379 e. The molecule has 0 aromatic rings. The minimum atomic E-state index is 0.188. The van der Waals surface area contributed by atoms with E-state index >= 15 is 0 Å². The zero-order valence-corrected chi connectivity index (χ0v) is 14.2. The minimum Gasteiger partial charge on any atom is -0.379 e. The van der Waals surface area contributed by atoms with Crippen molar-refractivity contribution in [2.45, 2.75) is 25.3 Å². The smallest absolute Gasteiger partial charge is 0.241 e. The van der Waals surface area contributed by atoms with Crippen LogP contribution in [0.4, 0.5) is 0 Å². The van der Waals surface area contributed by atoms with E-state index in [1.807, 2.05) is 4.90 Å². The molecule has 0 aliphatic carbocycles. The number of amides is 1. The van der Waals surface area contributed by atoms with Crippen molar-refractivity contribution < 1.29 is 9.53 Å². The van der Waals surface area contributed by atoms with Crippen LogP contribution in [0.5, 0.6) is 0 Å². The molecule has 1 N–H and O–H groups in total. The van der Waals surface area contributed by atoms with Gasteiger partial charge in [-0.1, -0.05) is 0 Å². The highest BCUT2D eigenvalue weighted by atomic mass is 16.5. The highest BCUT2D eigenvalue weighted by molar-refractivity contribution is 5.86. The van der Waals surface area contributed by atoms with E-state index in [0.29, 0.717) is 12.6 Å². The lowest BCUT2D eigenvalue weighted by atomic mass is 10.2. The lowest BCUT2D eigenvalue weighted by Crippen LogP contribution is -2.48. The molecule has 1 atom stereocenters. The Hall–Kier alpha value is -1.34. The first kappa shape index (κ1) is 16.5. The van der Waals surface area contributed by atoms with Crippen molar-refractivity contribution in [3.63, 3.8) is 0 Å². The monoisotopic (exact) mass is 323 g/mol. The van der Waals surface area contributed by atoms with E-state index in [4.69, 9.17) is 4.74 Å². The summed E-state index contributed by atoms with van der Waals surface area (Å²) in [5.74, 6) is 1.04. The van der Waals surface area contributed by atoms with Gasteiger partial charge in [-0.05, 0) is 19.3 Å². The third kappa shape index (κ3) is 4.14. The van der Waals surface area contributed by atoms with Crippen molar-refractivity contribution in [3.8, 4) is 0 Å². The molecule has 0 bridgehead atoms. The van der Waals surface area contributed by atoms with Crippen LogP contribution in [-0.4, -0.2) is 98.7 Å². The second-order valence-electron chi connectivity index (χ2n) is 6.53. The molecule has 0 spiro atoms. The van der Waals surface area contributed by atoms with E-state index in [-0.39, 0.29) is 5.91 Å². The van der Waals surface area contributed by atoms with Crippen molar-refractivity contribution in [3.05, 3.63) is 0 Å². The zero-order chi connectivity index (χ0) is 16.1. The Kier molecular flexibility index (Phi) is 5.72. The number of ether oxygens (including phenoxy) is 1. The number of carbonyl (C=O) groups is 1. The van der Waals surface area contributed by atoms with Crippen LogP contribution in [-0.2, 0) is 9.53 Å². The average molecular weight is 323 g/mol. The molecule has 7 heteroatoms. The van der Waals surface area contributed by atoms with E-state index in [9.17, 15) is 4.79 Å². The molecule has 1 unspecified atom stereocenters. The Morgan fingerprint density at radius 1 is 1.13 bits per heavy atom. The number of likely N-dealkylation sites (tertiary alicyclic amines) is 2. The molecule has 0 radical (unpaired) electrons. The maximum atomic E-state index is 12.2. The molecule has 130 valence electrons. The molecule has 0 aromatic heterocycles. The predicted octanol–water partition coefficient (Wildman–Crippen LogP) is -0.409. The Balaban J connectivity index is 1.46. The Bertz CT molecular complexity index is 430. The first-order chi connectivity index (χ1) is 11.3. The summed E-state index contributed by atoms with van der Waals surface area (Å²) >= 11 is 0. The van der Waals surface area contributed by atoms with Gasteiger partial charge in [-0.25, -0.2) is 0 Å². The quantitative estimate of drug-likeness (QED) is 0.565. The summed E-state index contributed by atoms with van der Waals surface area (Å²) < 4.78 is 5.43. The van der Waals surface area contributed by atoms with Crippen molar-refractivity contribution >= 4 is 11.9 Å². The third-order valence-corrected chi connectivity index (χ3v) is 5.09. The van der Waals surface area contributed by atoms with Gasteiger partial charge in [0.05, 0.1) is 19.8 Å². The number of nitrogens with one attached hydrogen (secondary N) is 1. The van der Waals surface area contributed by atoms with Crippen LogP contribution >= 0.6 is 0 Å². The maximum Gasteiger partial charge on any atom is 0.241 e. The molecule has 1 amide bonds. The summed E-state index contributed by atoms with van der Waals surface area (Å²) in [4.78, 5) is 23.3. The summed E-state index contributed by atoms with van der Waals surface area (Å²) in [5.41, 5.74) is 0. The number of carbonyl (C=O) groups excluding carboxylic acids is 1. The van der Waals surface area contributed by atoms with Gasteiger partial charge in [0.2, 0.25) is 5.91 Å². The number of hydrogen-bond acceptors (Lipinski definition) is 4. The Morgan fingerprint density at radius 3 is 2.57 bits per heavy atom. The number of rotatable bonds is 3. The van der Waals surface area contributed by atoms with Gasteiger partial charge in [-0.15, -0.1) is 0 Å². The van der Waals surface area contributed by atoms with Gasteiger partial charge in [-0.3, -0.25) is 14.7 Å². The fourth-order valence-electron chi connectivity index (χ4n) is 3.74. The van der Waals surface area contributed by atoms with Crippen LogP contribution in [0, 0.1) is 0 Å². The van der Waals surface area contributed by atoms with Crippen LogP contribution in [0.25, 0.3) is 0 Å². The summed E-state index contributed by atoms with van der Waals surface area (Å²) in [7, 11) is 1.80. The van der Waals surface area contributed by atoms with Crippen LogP contribution in [0.3, 0.4) is 0 Å². The number of aliphatic imine (C=N–C) groups is 1. The molecular formula is C16H29N5O2. The van der Waals surface area contributed by atoms with Gasteiger partial charge in [-0.2, -0.15) is 0 Å². The van der Waals surface area contributed by atoms with Crippen LogP contribution in [0.2, 0.25) is 0 Å². The van der Waals surface area contributed by atoms with Crippen LogP contribution in [0.15, 0.2) is 4.99 Å². The van der Waals surface area contributed by atoms with Crippen LogP contribution in [0.1, 0.15) is 19.3 Å². The fraction of sp³-hybridized carbons (Fsp3) is 0.875. The Morgan fingerprint density at radius 2 is 1.87 bits per heavy atom. The minimum absolute atomic E-state index is 0.188. The highest BCUT2D eigenvalue weighted by Gasteiger charge is 2.30. The van der Waals surface area contributed by atoms with Crippen molar-refractivity contribution in [2.75, 3.05) is 66.1 Å². The van der Waals surface area contributed by atoms with E-state index in [1.54, 1.807) is 7.05 Å². The van der Waals surface area contributed by atoms with Crippen molar-refractivity contribution in [1.82, 2.24) is 20.0 Å². The lowest BCUT2D eigenvalue weighted by Gasteiger charge is -2.32. The van der Waals surface area contributed by atoms with E-state index in [2.05, 4.69) is 20.1 Å². The highest BCUT2D eigenvalue weighted by Crippen LogP contribution is 2.17. The standard InChI is InChI=1S/C16H29N5O2/c1-17-16(18-12-15(22)20-5-2-3-6-20)21-7-4-14(13-21)19-8-10-23-11-9-19/h14H,2-13H2,1H3,(H,17,18). The summed E-state index contributed by atoms with van der Waals surface area (Å²) in [6.07, 6.45) is 3.42. The van der Waals surface area contributed by atoms with E-state index < -0.39 is 0 Å². The predicted molar refractivity (Wildman–Crippen MR) is 89.5 cm³/mol. The normalized spacial score (nSPS) is 26.8. The molecule has 7 nitrogen and oxygen atoms in total. The number of guanidine groups is 1. The molecule has 3 heterocycles. The van der Waals surface area contributed by atoms with Crippen molar-refractivity contribution in [2.24, 2.45) is 4.99 Å². The number of nitrogens with zero attached hydrogens (tertiary/aromatic N) is 4. The lowest BCUT2D eigenvalue weighted by molar-refractivity contribution is -0.128.